The number of aliphatic hydroxyl groups excluding tert-OH is 1. The maximum atomic E-state index is 9.99. The first-order chi connectivity index (χ1) is 8.02. The second-order valence-electron chi connectivity index (χ2n) is 4.60. The summed E-state index contributed by atoms with van der Waals surface area (Å²) in [5.41, 5.74) is 0. The summed E-state index contributed by atoms with van der Waals surface area (Å²) < 4.78 is 5.67. The number of rotatable bonds is 6. The van der Waals surface area contributed by atoms with Crippen molar-refractivity contribution in [3.63, 3.8) is 0 Å². The molecule has 0 spiro atoms. The number of aliphatic hydroxyl groups is 1. The fourth-order valence-electron chi connectivity index (χ4n) is 1.60. The monoisotopic (exact) mass is 256 g/mol. The predicted molar refractivity (Wildman–Crippen MR) is 71.6 cm³/mol. The Kier molecular flexibility index (Phi) is 5.79. The Balaban J connectivity index is 2.50. The molecule has 0 bridgehead atoms. The van der Waals surface area contributed by atoms with E-state index in [0.29, 0.717) is 16.7 Å². The first kappa shape index (κ1) is 14.3. The summed E-state index contributed by atoms with van der Waals surface area (Å²) in [7, 11) is 0. The average Bonchev–Trinajstić information content (AvgIpc) is 2.28. The van der Waals surface area contributed by atoms with Crippen LogP contribution in [-0.2, 0) is 0 Å². The van der Waals surface area contributed by atoms with Crippen molar-refractivity contribution >= 4 is 11.6 Å². The van der Waals surface area contributed by atoms with Gasteiger partial charge in [0.2, 0.25) is 0 Å². The summed E-state index contributed by atoms with van der Waals surface area (Å²) in [4.78, 5) is 0. The molecule has 1 aromatic rings. The summed E-state index contributed by atoms with van der Waals surface area (Å²) in [6.45, 7) is 6.14. The van der Waals surface area contributed by atoms with Gasteiger partial charge in [-0.25, -0.2) is 0 Å². The molecule has 1 rings (SSSR count). The highest BCUT2D eigenvalue weighted by Crippen LogP contribution is 2.21. The molecule has 1 aromatic carbocycles. The second-order valence-corrected chi connectivity index (χ2v) is 5.03. The fraction of sp³-hybridized carbons (Fsp3) is 0.571. The van der Waals surface area contributed by atoms with E-state index in [1.54, 1.807) is 12.1 Å². The molecular formula is C14H21ClO2. The molecule has 3 heteroatoms. The van der Waals surface area contributed by atoms with Crippen LogP contribution in [0.5, 0.6) is 5.75 Å². The highest BCUT2D eigenvalue weighted by molar-refractivity contribution is 6.30. The van der Waals surface area contributed by atoms with Crippen molar-refractivity contribution < 1.29 is 9.84 Å². The number of benzene rings is 1. The zero-order valence-electron chi connectivity index (χ0n) is 10.7. The Bertz CT molecular complexity index is 341. The Hall–Kier alpha value is -0.730. The fourth-order valence-corrected chi connectivity index (χ4v) is 1.78. The average molecular weight is 257 g/mol. The minimum atomic E-state index is -0.441. The minimum Gasteiger partial charge on any atom is -0.488 e. The van der Waals surface area contributed by atoms with Crippen LogP contribution in [0.3, 0.4) is 0 Å². The molecule has 3 atom stereocenters. The van der Waals surface area contributed by atoms with E-state index < -0.39 is 6.10 Å². The Labute approximate surface area is 109 Å². The van der Waals surface area contributed by atoms with Crippen LogP contribution >= 0.6 is 11.6 Å². The van der Waals surface area contributed by atoms with Gasteiger partial charge in [0.25, 0.3) is 0 Å². The molecule has 1 N–H and O–H groups in total. The molecule has 0 fully saturated rings. The molecule has 17 heavy (non-hydrogen) atoms. The van der Waals surface area contributed by atoms with Crippen molar-refractivity contribution in [2.45, 2.75) is 45.8 Å². The topological polar surface area (TPSA) is 29.5 Å². The molecule has 3 unspecified atom stereocenters. The standard InChI is InChI=1S/C14H21ClO2/c1-4-10(2)8-14(16)11(3)17-13-7-5-6-12(15)9-13/h5-7,9-11,14,16H,4,8H2,1-3H3. The molecule has 0 aliphatic heterocycles. The molecule has 0 aliphatic carbocycles. The molecule has 2 nitrogen and oxygen atoms in total. The molecule has 0 saturated heterocycles. The van der Waals surface area contributed by atoms with Crippen LogP contribution in [0.15, 0.2) is 24.3 Å². The van der Waals surface area contributed by atoms with Gasteiger partial charge in [-0.2, -0.15) is 0 Å². The number of hydrogen-bond acceptors (Lipinski definition) is 2. The van der Waals surface area contributed by atoms with Gasteiger partial charge in [0, 0.05) is 5.02 Å². The normalized spacial score (nSPS) is 16.3. The lowest BCUT2D eigenvalue weighted by Crippen LogP contribution is -2.30. The summed E-state index contributed by atoms with van der Waals surface area (Å²) >= 11 is 5.87. The molecule has 0 aliphatic rings. The molecule has 0 amide bonds. The lowest BCUT2D eigenvalue weighted by atomic mass is 9.98. The van der Waals surface area contributed by atoms with E-state index in [2.05, 4.69) is 13.8 Å². The molecule has 0 heterocycles. The van der Waals surface area contributed by atoms with E-state index in [0.717, 1.165) is 12.8 Å². The van der Waals surface area contributed by atoms with E-state index in [1.165, 1.54) is 0 Å². The van der Waals surface area contributed by atoms with Gasteiger partial charge < -0.3 is 9.84 Å². The molecule has 0 radical (unpaired) electrons. The second kappa shape index (κ2) is 6.87. The Morgan fingerprint density at radius 2 is 2.06 bits per heavy atom. The quantitative estimate of drug-likeness (QED) is 0.836. The first-order valence-corrected chi connectivity index (χ1v) is 6.51. The maximum Gasteiger partial charge on any atom is 0.122 e. The van der Waals surface area contributed by atoms with Crippen LogP contribution in [-0.4, -0.2) is 17.3 Å². The summed E-state index contributed by atoms with van der Waals surface area (Å²) in [6.07, 6.45) is 1.17. The maximum absolute atomic E-state index is 9.99. The summed E-state index contributed by atoms with van der Waals surface area (Å²) in [5, 5.41) is 10.6. The Morgan fingerprint density at radius 3 is 2.65 bits per heavy atom. The van der Waals surface area contributed by atoms with Gasteiger partial charge in [0.15, 0.2) is 0 Å². The van der Waals surface area contributed by atoms with Crippen LogP contribution in [0.1, 0.15) is 33.6 Å². The van der Waals surface area contributed by atoms with Gasteiger partial charge in [0.1, 0.15) is 11.9 Å². The molecule has 96 valence electrons. The number of halogens is 1. The SMILES string of the molecule is CCC(C)CC(O)C(C)Oc1cccc(Cl)c1. The van der Waals surface area contributed by atoms with Crippen molar-refractivity contribution in [3.05, 3.63) is 29.3 Å². The molecular weight excluding hydrogens is 236 g/mol. The number of ether oxygens (including phenoxy) is 1. The van der Waals surface area contributed by atoms with Crippen LogP contribution in [0.4, 0.5) is 0 Å². The van der Waals surface area contributed by atoms with Crippen molar-refractivity contribution in [3.8, 4) is 5.75 Å². The van der Waals surface area contributed by atoms with Crippen molar-refractivity contribution in [2.75, 3.05) is 0 Å². The van der Waals surface area contributed by atoms with Crippen LogP contribution < -0.4 is 4.74 Å². The van der Waals surface area contributed by atoms with E-state index in [9.17, 15) is 5.11 Å². The number of hydrogen-bond donors (Lipinski definition) is 1. The lowest BCUT2D eigenvalue weighted by Gasteiger charge is -2.22. The van der Waals surface area contributed by atoms with Gasteiger partial charge in [-0.05, 0) is 37.5 Å². The van der Waals surface area contributed by atoms with E-state index in [4.69, 9.17) is 16.3 Å². The van der Waals surface area contributed by atoms with E-state index >= 15 is 0 Å². The zero-order chi connectivity index (χ0) is 12.8. The van der Waals surface area contributed by atoms with Crippen LogP contribution in [0.25, 0.3) is 0 Å². The van der Waals surface area contributed by atoms with Crippen LogP contribution in [0.2, 0.25) is 5.02 Å². The zero-order valence-corrected chi connectivity index (χ0v) is 11.4. The smallest absolute Gasteiger partial charge is 0.122 e. The van der Waals surface area contributed by atoms with Crippen LogP contribution in [0, 0.1) is 5.92 Å². The third-order valence-electron chi connectivity index (χ3n) is 3.00. The minimum absolute atomic E-state index is 0.220. The van der Waals surface area contributed by atoms with Crippen molar-refractivity contribution in [1.29, 1.82) is 0 Å². The van der Waals surface area contributed by atoms with Crippen molar-refractivity contribution in [2.24, 2.45) is 5.92 Å². The highest BCUT2D eigenvalue weighted by Gasteiger charge is 2.18. The van der Waals surface area contributed by atoms with E-state index in [-0.39, 0.29) is 6.10 Å². The van der Waals surface area contributed by atoms with Gasteiger partial charge in [-0.1, -0.05) is 37.9 Å². The third-order valence-corrected chi connectivity index (χ3v) is 3.24. The van der Waals surface area contributed by atoms with Crippen molar-refractivity contribution in [1.82, 2.24) is 0 Å². The molecule has 0 aromatic heterocycles. The van der Waals surface area contributed by atoms with Gasteiger partial charge in [-0.3, -0.25) is 0 Å². The third kappa shape index (κ3) is 4.97. The summed E-state index contributed by atoms with van der Waals surface area (Å²) in [6, 6.07) is 7.24. The molecule has 0 saturated carbocycles. The highest BCUT2D eigenvalue weighted by atomic mass is 35.5. The van der Waals surface area contributed by atoms with Gasteiger partial charge in [-0.15, -0.1) is 0 Å². The largest absolute Gasteiger partial charge is 0.488 e. The lowest BCUT2D eigenvalue weighted by molar-refractivity contribution is 0.0317. The summed E-state index contributed by atoms with van der Waals surface area (Å²) in [5.74, 6) is 1.21. The van der Waals surface area contributed by atoms with Gasteiger partial charge >= 0.3 is 0 Å². The van der Waals surface area contributed by atoms with E-state index in [1.807, 2.05) is 19.1 Å². The Morgan fingerprint density at radius 1 is 1.35 bits per heavy atom. The van der Waals surface area contributed by atoms with Gasteiger partial charge in [0.05, 0.1) is 6.10 Å². The first-order valence-electron chi connectivity index (χ1n) is 6.13. The predicted octanol–water partition coefficient (Wildman–Crippen LogP) is 3.90.